The first-order valence-electron chi connectivity index (χ1n) is 6.10. The summed E-state index contributed by atoms with van der Waals surface area (Å²) in [5.74, 6) is -0.756. The summed E-state index contributed by atoms with van der Waals surface area (Å²) in [4.78, 5) is 15.0. The monoisotopic (exact) mass is 296 g/mol. The van der Waals surface area contributed by atoms with E-state index in [9.17, 15) is 4.79 Å². The van der Waals surface area contributed by atoms with Gasteiger partial charge >= 0.3 is 5.97 Å². The lowest BCUT2D eigenvalue weighted by molar-refractivity contribution is -0.133. The molecule has 0 spiro atoms. The van der Waals surface area contributed by atoms with Crippen LogP contribution in [0.15, 0.2) is 28.2 Å². The molecule has 0 unspecified atom stereocenters. The minimum absolute atomic E-state index is 0.0542. The van der Waals surface area contributed by atoms with Gasteiger partial charge in [0, 0.05) is 18.4 Å². The van der Waals surface area contributed by atoms with Crippen LogP contribution < -0.4 is 0 Å². The van der Waals surface area contributed by atoms with Crippen LogP contribution in [0.3, 0.4) is 0 Å². The molecule has 0 amide bonds. The van der Waals surface area contributed by atoms with Crippen molar-refractivity contribution in [1.82, 2.24) is 9.55 Å². The van der Waals surface area contributed by atoms with Gasteiger partial charge in [0.1, 0.15) is 0 Å². The second kappa shape index (κ2) is 6.77. The van der Waals surface area contributed by atoms with Gasteiger partial charge in [0.2, 0.25) is 0 Å². The molecule has 2 aromatic rings. The van der Waals surface area contributed by atoms with E-state index in [0.717, 1.165) is 30.2 Å². The fourth-order valence-corrected chi connectivity index (χ4v) is 3.28. The zero-order valence-corrected chi connectivity index (χ0v) is 12.3. The van der Waals surface area contributed by atoms with E-state index in [0.29, 0.717) is 0 Å². The normalized spacial score (nSPS) is 10.8. The van der Waals surface area contributed by atoms with Crippen molar-refractivity contribution in [3.05, 3.63) is 34.3 Å². The third-order valence-electron chi connectivity index (χ3n) is 2.79. The van der Waals surface area contributed by atoms with Crippen molar-refractivity contribution in [2.24, 2.45) is 0 Å². The number of carboxylic acids is 1. The first-order chi connectivity index (χ1) is 9.20. The van der Waals surface area contributed by atoms with Gasteiger partial charge in [-0.25, -0.2) is 4.98 Å². The van der Waals surface area contributed by atoms with Gasteiger partial charge in [0.15, 0.2) is 5.16 Å². The quantitative estimate of drug-likeness (QED) is 0.798. The van der Waals surface area contributed by atoms with Gasteiger partial charge in [-0.05, 0) is 35.2 Å². The molecule has 4 nitrogen and oxygen atoms in total. The van der Waals surface area contributed by atoms with Gasteiger partial charge in [-0.1, -0.05) is 18.7 Å². The standard InChI is InChI=1S/C13H16N2O2S2/c1-2-11-7-14-13(19-9-12(16)17)15(11)5-3-10-4-6-18-8-10/h4,6-8H,2-3,5,9H2,1H3,(H,16,17). The molecule has 1 N–H and O–H groups in total. The molecule has 102 valence electrons. The molecule has 19 heavy (non-hydrogen) atoms. The fraction of sp³-hybridized carbons (Fsp3) is 0.385. The van der Waals surface area contributed by atoms with Crippen molar-refractivity contribution < 1.29 is 9.90 Å². The highest BCUT2D eigenvalue weighted by atomic mass is 32.2. The lowest BCUT2D eigenvalue weighted by Gasteiger charge is -2.09. The maximum atomic E-state index is 10.6. The van der Waals surface area contributed by atoms with Crippen molar-refractivity contribution in [3.8, 4) is 0 Å². The Morgan fingerprint density at radius 1 is 1.58 bits per heavy atom. The Labute approximate surface area is 120 Å². The van der Waals surface area contributed by atoms with Crippen LogP contribution in [0.5, 0.6) is 0 Å². The number of carboxylic acid groups (broad SMARTS) is 1. The average Bonchev–Trinajstić information content (AvgIpc) is 3.02. The van der Waals surface area contributed by atoms with E-state index < -0.39 is 5.97 Å². The summed E-state index contributed by atoms with van der Waals surface area (Å²) in [6.07, 6.45) is 3.70. The number of aryl methyl sites for hydroxylation is 2. The number of carbonyl (C=O) groups is 1. The van der Waals surface area contributed by atoms with Crippen LogP contribution in [0, 0.1) is 0 Å². The van der Waals surface area contributed by atoms with Crippen molar-refractivity contribution in [1.29, 1.82) is 0 Å². The number of nitrogens with zero attached hydrogens (tertiary/aromatic N) is 2. The first-order valence-corrected chi connectivity index (χ1v) is 8.03. The van der Waals surface area contributed by atoms with E-state index in [1.54, 1.807) is 11.3 Å². The molecule has 6 heteroatoms. The van der Waals surface area contributed by atoms with Crippen molar-refractivity contribution in [2.45, 2.75) is 31.5 Å². The number of imidazole rings is 1. The highest BCUT2D eigenvalue weighted by molar-refractivity contribution is 7.99. The Morgan fingerprint density at radius 2 is 2.42 bits per heavy atom. The summed E-state index contributed by atoms with van der Waals surface area (Å²) in [5, 5.41) is 13.8. The van der Waals surface area contributed by atoms with Gasteiger partial charge in [-0.15, -0.1) is 0 Å². The minimum Gasteiger partial charge on any atom is -0.481 e. The molecular formula is C13H16N2O2S2. The Bertz CT molecular complexity index is 535. The van der Waals surface area contributed by atoms with E-state index in [1.807, 2.05) is 6.20 Å². The SMILES string of the molecule is CCc1cnc(SCC(=O)O)n1CCc1ccsc1. The van der Waals surface area contributed by atoms with Gasteiger partial charge < -0.3 is 9.67 Å². The predicted octanol–water partition coefficient (Wildman–Crippen LogP) is 2.93. The zero-order chi connectivity index (χ0) is 13.7. The van der Waals surface area contributed by atoms with E-state index in [1.165, 1.54) is 17.3 Å². The van der Waals surface area contributed by atoms with Gasteiger partial charge in [-0.3, -0.25) is 4.79 Å². The predicted molar refractivity (Wildman–Crippen MR) is 78.0 cm³/mol. The lowest BCUT2D eigenvalue weighted by atomic mass is 10.2. The van der Waals surface area contributed by atoms with Crippen LogP contribution in [-0.2, 0) is 24.2 Å². The maximum Gasteiger partial charge on any atom is 0.313 e. The molecule has 0 aliphatic carbocycles. The van der Waals surface area contributed by atoms with Crippen LogP contribution in [0.25, 0.3) is 0 Å². The van der Waals surface area contributed by atoms with Crippen LogP contribution in [0.1, 0.15) is 18.2 Å². The minimum atomic E-state index is -0.810. The van der Waals surface area contributed by atoms with E-state index in [4.69, 9.17) is 5.11 Å². The van der Waals surface area contributed by atoms with Crippen molar-refractivity contribution >= 4 is 29.1 Å². The van der Waals surface area contributed by atoms with Crippen molar-refractivity contribution in [2.75, 3.05) is 5.75 Å². The van der Waals surface area contributed by atoms with E-state index in [2.05, 4.69) is 33.3 Å². The molecule has 0 bridgehead atoms. The number of hydrogen-bond acceptors (Lipinski definition) is 4. The zero-order valence-electron chi connectivity index (χ0n) is 10.7. The lowest BCUT2D eigenvalue weighted by Crippen LogP contribution is -2.07. The summed E-state index contributed by atoms with van der Waals surface area (Å²) in [7, 11) is 0. The Hall–Kier alpha value is -1.27. The van der Waals surface area contributed by atoms with Crippen LogP contribution in [-0.4, -0.2) is 26.4 Å². The number of aromatic nitrogens is 2. The number of rotatable bonds is 7. The molecule has 0 aliphatic heterocycles. The molecule has 0 fully saturated rings. The van der Waals surface area contributed by atoms with Crippen LogP contribution in [0.4, 0.5) is 0 Å². The largest absolute Gasteiger partial charge is 0.481 e. The van der Waals surface area contributed by atoms with Crippen LogP contribution >= 0.6 is 23.1 Å². The number of thioether (sulfide) groups is 1. The molecule has 2 heterocycles. The van der Waals surface area contributed by atoms with Crippen molar-refractivity contribution in [3.63, 3.8) is 0 Å². The first kappa shape index (κ1) is 14.1. The third kappa shape index (κ3) is 3.84. The second-order valence-corrected chi connectivity index (χ2v) is 5.82. The summed E-state index contributed by atoms with van der Waals surface area (Å²) >= 11 is 2.98. The summed E-state index contributed by atoms with van der Waals surface area (Å²) in [6.45, 7) is 2.94. The number of thiophene rings is 1. The fourth-order valence-electron chi connectivity index (χ4n) is 1.83. The topological polar surface area (TPSA) is 55.1 Å². The molecule has 0 atom stereocenters. The highest BCUT2D eigenvalue weighted by Crippen LogP contribution is 2.20. The maximum absolute atomic E-state index is 10.6. The Morgan fingerprint density at radius 3 is 3.05 bits per heavy atom. The summed E-state index contributed by atoms with van der Waals surface area (Å²) < 4.78 is 2.13. The summed E-state index contributed by atoms with van der Waals surface area (Å²) in [5.41, 5.74) is 2.47. The van der Waals surface area contributed by atoms with Gasteiger partial charge in [0.05, 0.1) is 5.75 Å². The Balaban J connectivity index is 2.07. The summed E-state index contributed by atoms with van der Waals surface area (Å²) in [6, 6.07) is 2.12. The molecule has 0 saturated carbocycles. The molecular weight excluding hydrogens is 280 g/mol. The highest BCUT2D eigenvalue weighted by Gasteiger charge is 2.11. The molecule has 0 saturated heterocycles. The van der Waals surface area contributed by atoms with E-state index in [-0.39, 0.29) is 5.75 Å². The molecule has 0 aromatic carbocycles. The second-order valence-electron chi connectivity index (χ2n) is 4.10. The van der Waals surface area contributed by atoms with Gasteiger partial charge in [0.25, 0.3) is 0 Å². The molecule has 0 aliphatic rings. The Kier molecular flexibility index (Phi) is 5.04. The van der Waals surface area contributed by atoms with Crippen LogP contribution in [0.2, 0.25) is 0 Å². The number of hydrogen-bond donors (Lipinski definition) is 1. The molecule has 0 radical (unpaired) electrons. The third-order valence-corrected chi connectivity index (χ3v) is 4.50. The molecule has 2 rings (SSSR count). The van der Waals surface area contributed by atoms with Gasteiger partial charge in [-0.2, -0.15) is 11.3 Å². The average molecular weight is 296 g/mol. The molecule has 2 aromatic heterocycles. The number of aliphatic carboxylic acids is 1. The smallest absolute Gasteiger partial charge is 0.313 e. The van der Waals surface area contributed by atoms with E-state index >= 15 is 0 Å².